The number of aromatic amines is 1. The highest BCUT2D eigenvalue weighted by molar-refractivity contribution is 7.11. The van der Waals surface area contributed by atoms with Crippen molar-refractivity contribution in [1.29, 1.82) is 0 Å². The summed E-state index contributed by atoms with van der Waals surface area (Å²) < 4.78 is 0. The topological polar surface area (TPSA) is 83.6 Å². The van der Waals surface area contributed by atoms with Crippen molar-refractivity contribution in [1.82, 2.24) is 25.5 Å². The molecular weight excluding hydrogens is 238 g/mol. The number of hydrogen-bond donors (Lipinski definition) is 2. The van der Waals surface area contributed by atoms with Crippen LogP contribution in [0.3, 0.4) is 0 Å². The Morgan fingerprint density at radius 2 is 2.29 bits per heavy atom. The van der Waals surface area contributed by atoms with E-state index in [0.29, 0.717) is 0 Å². The van der Waals surface area contributed by atoms with E-state index in [9.17, 15) is 4.79 Å². The molecule has 90 valence electrons. The Morgan fingerprint density at radius 1 is 1.53 bits per heavy atom. The number of nitrogens with zero attached hydrogens (tertiary/aromatic N) is 3. The van der Waals surface area contributed by atoms with Gasteiger partial charge in [-0.25, -0.2) is 9.97 Å². The zero-order chi connectivity index (χ0) is 12.4. The lowest BCUT2D eigenvalue weighted by molar-refractivity contribution is 0.0930. The van der Waals surface area contributed by atoms with Gasteiger partial charge < -0.3 is 5.32 Å². The Balaban J connectivity index is 2.09. The number of carbonyl (C=O) groups excluding carboxylic acids is 1. The summed E-state index contributed by atoms with van der Waals surface area (Å²) in [6.45, 7) is 5.82. The van der Waals surface area contributed by atoms with Crippen molar-refractivity contribution in [2.45, 2.75) is 26.8 Å². The first-order chi connectivity index (χ1) is 8.08. The molecule has 1 amide bonds. The first kappa shape index (κ1) is 11.7. The number of thiazole rings is 1. The molecule has 0 aliphatic heterocycles. The van der Waals surface area contributed by atoms with E-state index >= 15 is 0 Å². The van der Waals surface area contributed by atoms with E-state index in [2.05, 4.69) is 25.5 Å². The van der Waals surface area contributed by atoms with Crippen LogP contribution >= 0.6 is 11.3 Å². The van der Waals surface area contributed by atoms with Gasteiger partial charge in [0.25, 0.3) is 5.91 Å². The van der Waals surface area contributed by atoms with E-state index in [1.807, 2.05) is 20.8 Å². The Labute approximate surface area is 103 Å². The molecule has 0 aliphatic carbocycles. The fourth-order valence-electron chi connectivity index (χ4n) is 1.59. The average Bonchev–Trinajstić information content (AvgIpc) is 2.87. The minimum atomic E-state index is -0.263. The molecule has 0 radical (unpaired) electrons. The van der Waals surface area contributed by atoms with Crippen LogP contribution in [0, 0.1) is 13.8 Å². The van der Waals surface area contributed by atoms with Gasteiger partial charge in [-0.1, -0.05) is 0 Å². The number of carbonyl (C=O) groups is 1. The molecule has 0 saturated carbocycles. The lowest BCUT2D eigenvalue weighted by atomic mass is 10.2. The van der Waals surface area contributed by atoms with Crippen LogP contribution in [0.15, 0.2) is 6.33 Å². The van der Waals surface area contributed by atoms with Crippen molar-refractivity contribution < 1.29 is 4.79 Å². The number of hydrogen-bond acceptors (Lipinski definition) is 5. The van der Waals surface area contributed by atoms with Gasteiger partial charge in [0.1, 0.15) is 6.33 Å². The number of H-pyrrole nitrogens is 1. The summed E-state index contributed by atoms with van der Waals surface area (Å²) in [6.07, 6.45) is 1.31. The molecule has 2 N–H and O–H groups in total. The second kappa shape index (κ2) is 4.62. The predicted molar refractivity (Wildman–Crippen MR) is 63.9 cm³/mol. The van der Waals surface area contributed by atoms with Gasteiger partial charge in [-0.05, 0) is 20.8 Å². The first-order valence-corrected chi connectivity index (χ1v) is 5.99. The number of rotatable bonds is 3. The maximum absolute atomic E-state index is 11.7. The van der Waals surface area contributed by atoms with Crippen LogP contribution < -0.4 is 5.32 Å². The fourth-order valence-corrected chi connectivity index (χ4v) is 2.52. The summed E-state index contributed by atoms with van der Waals surface area (Å²) in [7, 11) is 0. The minimum Gasteiger partial charge on any atom is -0.342 e. The largest absolute Gasteiger partial charge is 0.342 e. The summed E-state index contributed by atoms with van der Waals surface area (Å²) in [5.41, 5.74) is 0.956. The number of aromatic nitrogens is 4. The molecule has 17 heavy (non-hydrogen) atoms. The van der Waals surface area contributed by atoms with E-state index in [1.165, 1.54) is 6.33 Å². The van der Waals surface area contributed by atoms with Crippen LogP contribution in [0.25, 0.3) is 0 Å². The number of nitrogens with one attached hydrogen (secondary N) is 2. The summed E-state index contributed by atoms with van der Waals surface area (Å²) in [6, 6.07) is -0.0844. The molecule has 2 heterocycles. The summed E-state index contributed by atoms with van der Waals surface area (Å²) in [5, 5.41) is 10.0. The predicted octanol–water partition coefficient (Wildman–Crippen LogP) is 1.37. The van der Waals surface area contributed by atoms with E-state index in [4.69, 9.17) is 0 Å². The molecule has 0 fully saturated rings. The Morgan fingerprint density at radius 3 is 2.82 bits per heavy atom. The van der Waals surface area contributed by atoms with Gasteiger partial charge in [0.2, 0.25) is 5.82 Å². The summed E-state index contributed by atoms with van der Waals surface area (Å²) in [5.74, 6) is -0.0452. The van der Waals surface area contributed by atoms with E-state index in [1.54, 1.807) is 11.3 Å². The van der Waals surface area contributed by atoms with E-state index in [-0.39, 0.29) is 17.8 Å². The van der Waals surface area contributed by atoms with Crippen LogP contribution in [-0.2, 0) is 0 Å². The normalized spacial score (nSPS) is 12.4. The monoisotopic (exact) mass is 251 g/mol. The van der Waals surface area contributed by atoms with Crippen LogP contribution in [0.5, 0.6) is 0 Å². The molecule has 2 aromatic rings. The van der Waals surface area contributed by atoms with Crippen LogP contribution in [0.2, 0.25) is 0 Å². The molecule has 7 heteroatoms. The average molecular weight is 251 g/mol. The molecule has 1 unspecified atom stereocenters. The molecule has 0 spiro atoms. The maximum Gasteiger partial charge on any atom is 0.289 e. The summed E-state index contributed by atoms with van der Waals surface area (Å²) in [4.78, 5) is 20.9. The van der Waals surface area contributed by atoms with Gasteiger partial charge in [-0.15, -0.1) is 11.3 Å². The Hall–Kier alpha value is -1.76. The van der Waals surface area contributed by atoms with Crippen molar-refractivity contribution in [2.24, 2.45) is 0 Å². The molecule has 6 nitrogen and oxygen atoms in total. The SMILES string of the molecule is Cc1nc(C)c(C(C)NC(=O)c2ncn[nH]2)s1. The van der Waals surface area contributed by atoms with Crippen molar-refractivity contribution in [3.63, 3.8) is 0 Å². The van der Waals surface area contributed by atoms with Crippen LogP contribution in [0.1, 0.15) is 39.2 Å². The standard InChI is InChI=1S/C10H13N5OS/c1-5-8(17-7(3)13-5)6(2)14-10(16)9-11-4-12-15-9/h4,6H,1-3H3,(H,14,16)(H,11,12,15). The molecular formula is C10H13N5OS. The maximum atomic E-state index is 11.7. The van der Waals surface area contributed by atoms with Gasteiger partial charge in [0.05, 0.1) is 16.7 Å². The third-order valence-corrected chi connectivity index (χ3v) is 3.57. The fraction of sp³-hybridized carbons (Fsp3) is 0.400. The second-order valence-corrected chi connectivity index (χ2v) is 4.95. The Kier molecular flexibility index (Phi) is 3.19. The lowest BCUT2D eigenvalue weighted by Crippen LogP contribution is -2.27. The molecule has 0 bridgehead atoms. The zero-order valence-electron chi connectivity index (χ0n) is 9.81. The zero-order valence-corrected chi connectivity index (χ0v) is 10.6. The van der Waals surface area contributed by atoms with Crippen molar-refractivity contribution >= 4 is 17.2 Å². The van der Waals surface area contributed by atoms with Gasteiger partial charge in [-0.3, -0.25) is 9.89 Å². The number of amides is 1. The molecule has 2 rings (SSSR count). The molecule has 2 aromatic heterocycles. The van der Waals surface area contributed by atoms with Gasteiger partial charge >= 0.3 is 0 Å². The molecule has 0 aromatic carbocycles. The third-order valence-electron chi connectivity index (χ3n) is 2.31. The van der Waals surface area contributed by atoms with Crippen LogP contribution in [0.4, 0.5) is 0 Å². The van der Waals surface area contributed by atoms with Crippen molar-refractivity contribution in [3.05, 3.63) is 27.7 Å². The third kappa shape index (κ3) is 2.50. The second-order valence-electron chi connectivity index (χ2n) is 3.71. The lowest BCUT2D eigenvalue weighted by Gasteiger charge is -2.11. The van der Waals surface area contributed by atoms with Crippen molar-refractivity contribution in [3.8, 4) is 0 Å². The molecule has 0 saturated heterocycles. The summed E-state index contributed by atoms with van der Waals surface area (Å²) >= 11 is 1.59. The van der Waals surface area contributed by atoms with Gasteiger partial charge in [0.15, 0.2) is 0 Å². The molecule has 1 atom stereocenters. The smallest absolute Gasteiger partial charge is 0.289 e. The minimum absolute atomic E-state index is 0.0844. The van der Waals surface area contributed by atoms with E-state index in [0.717, 1.165) is 15.6 Å². The highest BCUT2D eigenvalue weighted by Gasteiger charge is 2.17. The van der Waals surface area contributed by atoms with Gasteiger partial charge in [-0.2, -0.15) is 5.10 Å². The van der Waals surface area contributed by atoms with Crippen LogP contribution in [-0.4, -0.2) is 26.1 Å². The van der Waals surface area contributed by atoms with Crippen molar-refractivity contribution in [2.75, 3.05) is 0 Å². The highest BCUT2D eigenvalue weighted by Crippen LogP contribution is 2.24. The van der Waals surface area contributed by atoms with Gasteiger partial charge in [0, 0.05) is 4.88 Å². The molecule has 0 aliphatic rings. The first-order valence-electron chi connectivity index (χ1n) is 5.18. The van der Waals surface area contributed by atoms with E-state index < -0.39 is 0 Å². The quantitative estimate of drug-likeness (QED) is 0.863. The Bertz CT molecular complexity index is 519. The number of aryl methyl sites for hydroxylation is 2. The highest BCUT2D eigenvalue weighted by atomic mass is 32.1.